The SMILES string of the molecule is COc1ccc(Cc2csc(N3CCC(S(=O)(=O)c4ccc(Cl)c([N+](=O)[O-])c4)CC3)n2)cc1OC. The average Bonchev–Trinajstić information content (AvgIpc) is 3.32. The van der Waals surface area contributed by atoms with Crippen LogP contribution in [0.4, 0.5) is 10.8 Å². The summed E-state index contributed by atoms with van der Waals surface area (Å²) in [6, 6.07) is 9.40. The van der Waals surface area contributed by atoms with Crippen molar-refractivity contribution in [3.8, 4) is 11.5 Å². The number of thiazole rings is 1. The highest BCUT2D eigenvalue weighted by Crippen LogP contribution is 2.33. The van der Waals surface area contributed by atoms with Crippen molar-refractivity contribution < 1.29 is 22.8 Å². The second-order valence-electron chi connectivity index (χ2n) is 8.09. The molecule has 0 bridgehead atoms. The molecule has 2 aromatic carbocycles. The molecule has 0 unspecified atom stereocenters. The molecule has 3 aromatic rings. The van der Waals surface area contributed by atoms with Crippen molar-refractivity contribution in [1.82, 2.24) is 4.98 Å². The molecule has 0 N–H and O–H groups in total. The van der Waals surface area contributed by atoms with Gasteiger partial charge in [-0.3, -0.25) is 10.1 Å². The number of nitrogens with zero attached hydrogens (tertiary/aromatic N) is 3. The van der Waals surface area contributed by atoms with E-state index in [-0.39, 0.29) is 9.92 Å². The summed E-state index contributed by atoms with van der Waals surface area (Å²) in [5, 5.41) is 13.3. The van der Waals surface area contributed by atoms with Crippen LogP contribution < -0.4 is 14.4 Å². The predicted octanol–water partition coefficient (Wildman–Crippen LogP) is 4.76. The van der Waals surface area contributed by atoms with Gasteiger partial charge in [0.1, 0.15) is 5.02 Å². The number of aromatic nitrogens is 1. The first kappa shape index (κ1) is 25.2. The Morgan fingerprint density at radius 1 is 1.14 bits per heavy atom. The van der Waals surface area contributed by atoms with Gasteiger partial charge in [0.25, 0.3) is 5.69 Å². The maximum absolute atomic E-state index is 13.1. The van der Waals surface area contributed by atoms with Crippen LogP contribution in [-0.2, 0) is 16.3 Å². The second-order valence-corrected chi connectivity index (χ2v) is 11.6. The van der Waals surface area contributed by atoms with E-state index in [9.17, 15) is 18.5 Å². The van der Waals surface area contributed by atoms with Crippen molar-refractivity contribution in [3.05, 3.63) is 68.2 Å². The summed E-state index contributed by atoms with van der Waals surface area (Å²) in [4.78, 5) is 17.2. The number of benzene rings is 2. The standard InChI is InChI=1S/C23H24ClN3O6S2/c1-32-21-6-3-15(12-22(21)33-2)11-16-14-34-23(25-16)26-9-7-17(8-10-26)35(30,31)18-4-5-19(24)20(13-18)27(28)29/h3-6,12-14,17H,7-11H2,1-2H3. The molecule has 0 radical (unpaired) electrons. The van der Waals surface area contributed by atoms with E-state index in [1.807, 2.05) is 23.6 Å². The quantitative estimate of drug-likeness (QED) is 0.299. The molecule has 1 saturated heterocycles. The minimum Gasteiger partial charge on any atom is -0.493 e. The number of ether oxygens (including phenoxy) is 2. The number of piperidine rings is 1. The summed E-state index contributed by atoms with van der Waals surface area (Å²) < 4.78 is 36.9. The van der Waals surface area contributed by atoms with Gasteiger partial charge in [-0.05, 0) is 42.7 Å². The molecule has 1 aromatic heterocycles. The molecule has 35 heavy (non-hydrogen) atoms. The number of methoxy groups -OCH3 is 2. The van der Waals surface area contributed by atoms with E-state index in [4.69, 9.17) is 26.1 Å². The zero-order valence-corrected chi connectivity index (χ0v) is 21.5. The molecule has 186 valence electrons. The van der Waals surface area contributed by atoms with Gasteiger partial charge in [0, 0.05) is 31.0 Å². The van der Waals surface area contributed by atoms with Crippen LogP contribution in [0.1, 0.15) is 24.1 Å². The third-order valence-corrected chi connectivity index (χ3v) is 9.50. The van der Waals surface area contributed by atoms with Crippen molar-refractivity contribution in [2.75, 3.05) is 32.2 Å². The minimum absolute atomic E-state index is 0.0708. The Morgan fingerprint density at radius 2 is 1.86 bits per heavy atom. The topological polar surface area (TPSA) is 112 Å². The van der Waals surface area contributed by atoms with E-state index >= 15 is 0 Å². The predicted molar refractivity (Wildman–Crippen MR) is 135 cm³/mol. The van der Waals surface area contributed by atoms with Crippen LogP contribution in [0.15, 0.2) is 46.7 Å². The first-order valence-electron chi connectivity index (χ1n) is 10.8. The normalized spacial score (nSPS) is 14.7. The van der Waals surface area contributed by atoms with Gasteiger partial charge in [-0.25, -0.2) is 13.4 Å². The fraction of sp³-hybridized carbons (Fsp3) is 0.348. The maximum atomic E-state index is 13.1. The molecule has 1 aliphatic heterocycles. The average molecular weight is 538 g/mol. The summed E-state index contributed by atoms with van der Waals surface area (Å²) in [5.41, 5.74) is 1.55. The van der Waals surface area contributed by atoms with Crippen molar-refractivity contribution in [2.45, 2.75) is 29.4 Å². The number of hydrogen-bond acceptors (Lipinski definition) is 9. The van der Waals surface area contributed by atoms with E-state index in [1.54, 1.807) is 14.2 Å². The van der Waals surface area contributed by atoms with Crippen LogP contribution in [0.2, 0.25) is 5.02 Å². The summed E-state index contributed by atoms with van der Waals surface area (Å²) in [7, 11) is -0.524. The highest BCUT2D eigenvalue weighted by molar-refractivity contribution is 7.92. The Hall–Kier alpha value is -2.89. The first-order valence-corrected chi connectivity index (χ1v) is 13.6. The Balaban J connectivity index is 1.41. The summed E-state index contributed by atoms with van der Waals surface area (Å²) in [5.74, 6) is 1.33. The van der Waals surface area contributed by atoms with Crippen LogP contribution in [0.5, 0.6) is 11.5 Å². The van der Waals surface area contributed by atoms with Gasteiger partial charge in [0.15, 0.2) is 26.5 Å². The third-order valence-electron chi connectivity index (χ3n) is 5.97. The molecule has 0 amide bonds. The van der Waals surface area contributed by atoms with Crippen molar-refractivity contribution in [1.29, 1.82) is 0 Å². The zero-order valence-electron chi connectivity index (χ0n) is 19.1. The second kappa shape index (κ2) is 10.4. The maximum Gasteiger partial charge on any atom is 0.289 e. The number of sulfone groups is 1. The summed E-state index contributed by atoms with van der Waals surface area (Å²) in [6.45, 7) is 1.06. The zero-order chi connectivity index (χ0) is 25.2. The van der Waals surface area contributed by atoms with E-state index < -0.39 is 25.7 Å². The largest absolute Gasteiger partial charge is 0.493 e. The van der Waals surface area contributed by atoms with Gasteiger partial charge in [-0.1, -0.05) is 17.7 Å². The fourth-order valence-corrected chi connectivity index (χ4v) is 6.90. The van der Waals surface area contributed by atoms with Crippen LogP contribution in [-0.4, -0.2) is 50.9 Å². The van der Waals surface area contributed by atoms with E-state index in [1.165, 1.54) is 23.5 Å². The molecule has 9 nitrogen and oxygen atoms in total. The van der Waals surface area contributed by atoms with Gasteiger partial charge in [0.2, 0.25) is 0 Å². The highest BCUT2D eigenvalue weighted by atomic mass is 35.5. The van der Waals surface area contributed by atoms with Crippen LogP contribution >= 0.6 is 22.9 Å². The Kier molecular flexibility index (Phi) is 7.48. The van der Waals surface area contributed by atoms with Crippen LogP contribution in [0, 0.1) is 10.1 Å². The molecule has 12 heteroatoms. The molecule has 0 aliphatic carbocycles. The molecule has 2 heterocycles. The van der Waals surface area contributed by atoms with Gasteiger partial charge >= 0.3 is 0 Å². The molecule has 0 atom stereocenters. The lowest BCUT2D eigenvalue weighted by Crippen LogP contribution is -2.39. The molecular formula is C23H24ClN3O6S2. The third kappa shape index (κ3) is 5.36. The number of nitro groups is 1. The monoisotopic (exact) mass is 537 g/mol. The van der Waals surface area contributed by atoms with E-state index in [0.717, 1.165) is 22.5 Å². The van der Waals surface area contributed by atoms with E-state index in [2.05, 4.69) is 4.90 Å². The number of halogens is 1. The first-order chi connectivity index (χ1) is 16.7. The van der Waals surface area contributed by atoms with Crippen molar-refractivity contribution >= 4 is 43.6 Å². The number of nitro benzene ring substituents is 1. The molecule has 1 fully saturated rings. The molecular weight excluding hydrogens is 514 g/mol. The van der Waals surface area contributed by atoms with Crippen molar-refractivity contribution in [3.63, 3.8) is 0 Å². The van der Waals surface area contributed by atoms with Gasteiger partial charge < -0.3 is 14.4 Å². The Bertz CT molecular complexity index is 1340. The summed E-state index contributed by atoms with van der Waals surface area (Å²) in [6.07, 6.45) is 1.45. The molecule has 1 aliphatic rings. The Morgan fingerprint density at radius 3 is 2.51 bits per heavy atom. The Labute approximate surface area is 212 Å². The number of anilines is 1. The van der Waals surface area contributed by atoms with Crippen LogP contribution in [0.25, 0.3) is 0 Å². The van der Waals surface area contributed by atoms with Gasteiger partial charge in [0.05, 0.1) is 35.0 Å². The molecule has 0 saturated carbocycles. The minimum atomic E-state index is -3.72. The lowest BCUT2D eigenvalue weighted by atomic mass is 10.1. The highest BCUT2D eigenvalue weighted by Gasteiger charge is 2.33. The smallest absolute Gasteiger partial charge is 0.289 e. The van der Waals surface area contributed by atoms with Crippen LogP contribution in [0.3, 0.4) is 0 Å². The lowest BCUT2D eigenvalue weighted by molar-refractivity contribution is -0.384. The van der Waals surface area contributed by atoms with E-state index in [0.29, 0.717) is 43.9 Å². The fourth-order valence-electron chi connectivity index (χ4n) is 4.08. The lowest BCUT2D eigenvalue weighted by Gasteiger charge is -2.31. The molecule has 4 rings (SSSR count). The van der Waals surface area contributed by atoms with Crippen molar-refractivity contribution in [2.24, 2.45) is 0 Å². The summed E-state index contributed by atoms with van der Waals surface area (Å²) >= 11 is 7.36. The number of rotatable bonds is 8. The van der Waals surface area contributed by atoms with Gasteiger partial charge in [-0.15, -0.1) is 11.3 Å². The molecule has 0 spiro atoms. The number of hydrogen-bond donors (Lipinski definition) is 0. The van der Waals surface area contributed by atoms with Gasteiger partial charge in [-0.2, -0.15) is 0 Å².